The van der Waals surface area contributed by atoms with Gasteiger partial charge in [-0.1, -0.05) is 106 Å². The van der Waals surface area contributed by atoms with Crippen LogP contribution in [0.1, 0.15) is 22.6 Å². The molecule has 2 atom stereocenters. The SMILES string of the molecule is Cl[C@@H](c1ccc2ccccc2c1)[C@@H](O[Si](Cl)(Cl)Cl)c1ccc2ccccc2c1. The lowest BCUT2D eigenvalue weighted by molar-refractivity contribution is 0.210. The van der Waals surface area contributed by atoms with E-state index < -0.39 is 17.7 Å². The molecular formula is C22H16Cl4OSi. The molecule has 4 aromatic carbocycles. The van der Waals surface area contributed by atoms with Gasteiger partial charge in [0.25, 0.3) is 0 Å². The topological polar surface area (TPSA) is 9.23 Å². The van der Waals surface area contributed by atoms with E-state index in [0.29, 0.717) is 0 Å². The summed E-state index contributed by atoms with van der Waals surface area (Å²) in [4.78, 5) is 0. The first-order valence-corrected chi connectivity index (χ1v) is 14.1. The highest BCUT2D eigenvalue weighted by Gasteiger charge is 2.36. The lowest BCUT2D eigenvalue weighted by Gasteiger charge is -2.27. The van der Waals surface area contributed by atoms with Crippen molar-refractivity contribution in [2.45, 2.75) is 11.5 Å². The summed E-state index contributed by atoms with van der Waals surface area (Å²) in [5.74, 6) is 0. The van der Waals surface area contributed by atoms with E-state index in [2.05, 4.69) is 24.3 Å². The molecule has 0 unspecified atom stereocenters. The van der Waals surface area contributed by atoms with Crippen LogP contribution in [-0.4, -0.2) is 6.25 Å². The highest BCUT2D eigenvalue weighted by molar-refractivity contribution is 7.62. The highest BCUT2D eigenvalue weighted by Crippen LogP contribution is 2.43. The highest BCUT2D eigenvalue weighted by atomic mass is 35.8. The minimum absolute atomic E-state index is 0.506. The Balaban J connectivity index is 1.77. The van der Waals surface area contributed by atoms with E-state index in [0.717, 1.165) is 32.7 Å². The van der Waals surface area contributed by atoms with Crippen molar-refractivity contribution < 1.29 is 4.43 Å². The molecular weight excluding hydrogens is 450 g/mol. The van der Waals surface area contributed by atoms with E-state index in [1.54, 1.807) is 0 Å². The number of halogens is 4. The Bertz CT molecular complexity index is 1130. The van der Waals surface area contributed by atoms with Gasteiger partial charge in [0.1, 0.15) is 0 Å². The molecule has 4 aromatic rings. The second-order valence-electron chi connectivity index (χ2n) is 6.60. The quantitative estimate of drug-likeness (QED) is 0.164. The van der Waals surface area contributed by atoms with E-state index in [9.17, 15) is 0 Å². The maximum atomic E-state index is 6.89. The molecule has 0 aliphatic heterocycles. The van der Waals surface area contributed by atoms with Crippen molar-refractivity contribution in [1.82, 2.24) is 0 Å². The van der Waals surface area contributed by atoms with Gasteiger partial charge in [0.15, 0.2) is 0 Å². The van der Waals surface area contributed by atoms with E-state index in [4.69, 9.17) is 49.3 Å². The Morgan fingerprint density at radius 2 is 1.07 bits per heavy atom. The van der Waals surface area contributed by atoms with Crippen molar-refractivity contribution in [3.8, 4) is 0 Å². The van der Waals surface area contributed by atoms with Crippen molar-refractivity contribution in [3.63, 3.8) is 0 Å². The lowest BCUT2D eigenvalue weighted by Crippen LogP contribution is -2.23. The van der Waals surface area contributed by atoms with E-state index in [1.165, 1.54) is 0 Å². The average Bonchev–Trinajstić information content (AvgIpc) is 2.70. The smallest absolute Gasteiger partial charge is 0.372 e. The van der Waals surface area contributed by atoms with Crippen molar-refractivity contribution in [2.75, 3.05) is 0 Å². The molecule has 0 amide bonds. The van der Waals surface area contributed by atoms with Gasteiger partial charge >= 0.3 is 6.25 Å². The van der Waals surface area contributed by atoms with Crippen LogP contribution >= 0.6 is 44.8 Å². The molecule has 0 heterocycles. The zero-order valence-corrected chi connectivity index (χ0v) is 18.7. The van der Waals surface area contributed by atoms with Crippen molar-refractivity contribution >= 4 is 72.6 Å². The number of fused-ring (bicyclic) bond motifs is 2. The molecule has 0 fully saturated rings. The van der Waals surface area contributed by atoms with Gasteiger partial charge in [0.05, 0.1) is 11.5 Å². The lowest BCUT2D eigenvalue weighted by atomic mass is 9.97. The molecule has 0 saturated carbocycles. The maximum absolute atomic E-state index is 6.89. The van der Waals surface area contributed by atoms with Gasteiger partial charge in [-0.25, -0.2) is 0 Å². The third-order valence-corrected chi connectivity index (χ3v) is 6.52. The average molecular weight is 466 g/mol. The van der Waals surface area contributed by atoms with E-state index >= 15 is 0 Å². The number of alkyl halides is 1. The summed E-state index contributed by atoms with van der Waals surface area (Å²) >= 11 is 25.2. The van der Waals surface area contributed by atoms with Gasteiger partial charge < -0.3 is 4.43 Å². The number of hydrogen-bond acceptors (Lipinski definition) is 1. The molecule has 142 valence electrons. The summed E-state index contributed by atoms with van der Waals surface area (Å²) in [6, 6.07) is 28.4. The van der Waals surface area contributed by atoms with E-state index in [-0.39, 0.29) is 0 Å². The van der Waals surface area contributed by atoms with Gasteiger partial charge in [0.2, 0.25) is 0 Å². The Hall–Kier alpha value is -1.26. The molecule has 0 aromatic heterocycles. The first-order chi connectivity index (χ1) is 13.4. The second kappa shape index (κ2) is 8.23. The molecule has 0 saturated heterocycles. The first kappa shape index (κ1) is 20.0. The van der Waals surface area contributed by atoms with Crippen LogP contribution in [-0.2, 0) is 4.43 Å². The number of hydrogen-bond donors (Lipinski definition) is 0. The van der Waals surface area contributed by atoms with Crippen LogP contribution in [0.4, 0.5) is 0 Å². The predicted octanol–water partition coefficient (Wildman–Crippen LogP) is 8.18. The zero-order valence-electron chi connectivity index (χ0n) is 14.7. The van der Waals surface area contributed by atoms with Crippen molar-refractivity contribution in [3.05, 3.63) is 96.1 Å². The molecule has 6 heteroatoms. The molecule has 1 nitrogen and oxygen atoms in total. The van der Waals surface area contributed by atoms with Crippen LogP contribution < -0.4 is 0 Å². The minimum Gasteiger partial charge on any atom is -0.372 e. The zero-order chi connectivity index (χ0) is 19.7. The van der Waals surface area contributed by atoms with Gasteiger partial charge in [-0.05, 0) is 44.8 Å². The fourth-order valence-electron chi connectivity index (χ4n) is 3.38. The van der Waals surface area contributed by atoms with Gasteiger partial charge in [-0.3, -0.25) is 0 Å². The number of benzene rings is 4. The third kappa shape index (κ3) is 4.49. The second-order valence-corrected chi connectivity index (χ2v) is 14.7. The van der Waals surface area contributed by atoms with Crippen LogP contribution in [0.5, 0.6) is 0 Å². The fraction of sp³-hybridized carbons (Fsp3) is 0.0909. The summed E-state index contributed by atoms with van der Waals surface area (Å²) in [6.45, 7) is 0. The Kier molecular flexibility index (Phi) is 5.89. The van der Waals surface area contributed by atoms with Gasteiger partial charge in [0, 0.05) is 0 Å². The van der Waals surface area contributed by atoms with E-state index in [1.807, 2.05) is 60.7 Å². The summed E-state index contributed by atoms with van der Waals surface area (Å²) in [6.07, 6.45) is -3.96. The number of rotatable bonds is 5. The Morgan fingerprint density at radius 3 is 1.61 bits per heavy atom. The monoisotopic (exact) mass is 464 g/mol. The summed E-state index contributed by atoms with van der Waals surface area (Å²) in [7, 11) is 0. The molecule has 0 radical (unpaired) electrons. The molecule has 0 spiro atoms. The normalized spacial score (nSPS) is 14.3. The Labute approximate surface area is 184 Å². The molecule has 28 heavy (non-hydrogen) atoms. The molecule has 0 aliphatic rings. The van der Waals surface area contributed by atoms with Crippen LogP contribution in [0, 0.1) is 0 Å². The largest absolute Gasteiger partial charge is 0.494 e. The third-order valence-electron chi connectivity index (χ3n) is 4.72. The predicted molar refractivity (Wildman–Crippen MR) is 124 cm³/mol. The van der Waals surface area contributed by atoms with Crippen LogP contribution in [0.15, 0.2) is 84.9 Å². The molecule has 4 rings (SSSR count). The summed E-state index contributed by atoms with van der Waals surface area (Å²) in [5, 5.41) is 3.96. The Morgan fingerprint density at radius 1 is 0.607 bits per heavy atom. The summed E-state index contributed by atoms with van der Waals surface area (Å²) in [5.41, 5.74) is 1.80. The van der Waals surface area contributed by atoms with Crippen molar-refractivity contribution in [1.29, 1.82) is 0 Å². The molecule has 0 bridgehead atoms. The van der Waals surface area contributed by atoms with Gasteiger partial charge in [-0.15, -0.1) is 11.6 Å². The minimum atomic E-state index is -3.39. The van der Waals surface area contributed by atoms with Crippen LogP contribution in [0.3, 0.4) is 0 Å². The van der Waals surface area contributed by atoms with Crippen molar-refractivity contribution in [2.24, 2.45) is 0 Å². The summed E-state index contributed by atoms with van der Waals surface area (Å²) < 4.78 is 5.90. The fourth-order valence-corrected chi connectivity index (χ4v) is 5.22. The standard InChI is InChI=1S/C22H16Cl4OSi/c23-21(19-11-9-15-5-1-3-7-17(15)13-19)22(27-28(24,25)26)20-12-10-16-6-2-4-8-18(16)14-20/h1-14,21-22H/t21-,22-/m0/s1. The van der Waals surface area contributed by atoms with Gasteiger partial charge in [-0.2, -0.15) is 0 Å². The van der Waals surface area contributed by atoms with Crippen LogP contribution in [0.2, 0.25) is 0 Å². The van der Waals surface area contributed by atoms with Crippen LogP contribution in [0.25, 0.3) is 21.5 Å². The molecule has 0 N–H and O–H groups in total. The molecule has 0 aliphatic carbocycles. The maximum Gasteiger partial charge on any atom is 0.494 e. The first-order valence-electron chi connectivity index (χ1n) is 8.77.